The maximum Gasteiger partial charge on any atom is 2.00 e. The third-order valence-corrected chi connectivity index (χ3v) is 1.96. The number of aromatic carboxylic acids is 2. The third-order valence-electron chi connectivity index (χ3n) is 1.96. The Morgan fingerprint density at radius 1 is 0.857 bits per heavy atom. The van der Waals surface area contributed by atoms with Gasteiger partial charge in [-0.3, -0.25) is 9.97 Å². The fourth-order valence-electron chi connectivity index (χ4n) is 1.11. The predicted octanol–water partition coefficient (Wildman–Crippen LogP) is -1.70. The van der Waals surface area contributed by atoms with Crippen molar-refractivity contribution in [2.24, 2.45) is 0 Å². The minimum atomic E-state index is -1.47. The van der Waals surface area contributed by atoms with Gasteiger partial charge in [-0.15, -0.1) is 0 Å². The van der Waals surface area contributed by atoms with E-state index in [1.807, 2.05) is 0 Å². The minimum absolute atomic E-state index is 0. The smallest absolute Gasteiger partial charge is 0.543 e. The zero-order valence-electron chi connectivity index (χ0n) is 10.6. The standard InChI is InChI=1S/2C6H5NO3.Zn/c2*8-4-2-1-3-7-5(4)6(9)10;/h2*1-3,8H,(H,9,10);/q;;+2/p-2. The van der Waals surface area contributed by atoms with Gasteiger partial charge in [-0.2, -0.15) is 0 Å². The number of aromatic hydroxyl groups is 2. The number of carbonyl (C=O) groups excluding carboxylic acids is 2. The second-order valence-corrected chi connectivity index (χ2v) is 3.32. The summed E-state index contributed by atoms with van der Waals surface area (Å²) in [7, 11) is 0. The second kappa shape index (κ2) is 8.60. The summed E-state index contributed by atoms with van der Waals surface area (Å²) in [6.45, 7) is 0. The molecule has 0 saturated carbocycles. The van der Waals surface area contributed by atoms with E-state index in [-0.39, 0.29) is 31.0 Å². The zero-order valence-corrected chi connectivity index (χ0v) is 13.6. The first-order chi connectivity index (χ1) is 9.43. The molecule has 0 aliphatic heterocycles. The van der Waals surface area contributed by atoms with Crippen LogP contribution >= 0.6 is 0 Å². The number of aromatic nitrogens is 2. The van der Waals surface area contributed by atoms with Gasteiger partial charge in [0.25, 0.3) is 0 Å². The van der Waals surface area contributed by atoms with E-state index in [1.54, 1.807) is 0 Å². The number of hydrogen-bond acceptors (Lipinski definition) is 8. The Bertz CT molecular complexity index is 579. The van der Waals surface area contributed by atoms with Crippen LogP contribution in [0.4, 0.5) is 0 Å². The molecule has 0 amide bonds. The van der Waals surface area contributed by atoms with Gasteiger partial charge >= 0.3 is 19.5 Å². The first kappa shape index (κ1) is 18.5. The number of rotatable bonds is 2. The molecule has 0 aromatic carbocycles. The van der Waals surface area contributed by atoms with Crippen LogP contribution in [-0.2, 0) is 19.5 Å². The van der Waals surface area contributed by atoms with Crippen molar-refractivity contribution in [3.63, 3.8) is 0 Å². The molecule has 0 bridgehead atoms. The molecule has 0 radical (unpaired) electrons. The topological polar surface area (TPSA) is 146 Å². The number of pyridine rings is 2. The van der Waals surface area contributed by atoms with Crippen LogP contribution < -0.4 is 10.2 Å². The Hall–Kier alpha value is -2.54. The molecule has 0 saturated heterocycles. The normalized spacial score (nSPS) is 8.76. The SMILES string of the molecule is O=C([O-])c1ncccc1O.O=C([O-])c1ncccc1O.[Zn+2]. The zero-order chi connectivity index (χ0) is 15.1. The van der Waals surface area contributed by atoms with Gasteiger partial charge in [0.2, 0.25) is 0 Å². The molecule has 8 nitrogen and oxygen atoms in total. The van der Waals surface area contributed by atoms with E-state index in [0.29, 0.717) is 0 Å². The summed E-state index contributed by atoms with van der Waals surface area (Å²) in [6, 6.07) is 5.33. The van der Waals surface area contributed by atoms with E-state index in [9.17, 15) is 19.8 Å². The molecule has 2 aromatic heterocycles. The van der Waals surface area contributed by atoms with Crippen molar-refractivity contribution in [3.8, 4) is 11.5 Å². The predicted molar refractivity (Wildman–Crippen MR) is 60.5 cm³/mol. The quantitative estimate of drug-likeness (QED) is 0.614. The Morgan fingerprint density at radius 2 is 1.19 bits per heavy atom. The van der Waals surface area contributed by atoms with Crippen molar-refractivity contribution in [1.29, 1.82) is 0 Å². The fraction of sp³-hybridized carbons (Fsp3) is 0. The Kier molecular flexibility index (Phi) is 7.56. The average molecular weight is 342 g/mol. The first-order valence-electron chi connectivity index (χ1n) is 5.14. The molecular weight excluding hydrogens is 334 g/mol. The van der Waals surface area contributed by atoms with Crippen LogP contribution in [0, 0.1) is 0 Å². The van der Waals surface area contributed by atoms with E-state index in [1.165, 1.54) is 36.7 Å². The van der Waals surface area contributed by atoms with Gasteiger partial charge in [-0.1, -0.05) is 0 Å². The molecule has 0 atom stereocenters. The maximum atomic E-state index is 10.1. The van der Waals surface area contributed by atoms with Crippen molar-refractivity contribution in [1.82, 2.24) is 9.97 Å². The van der Waals surface area contributed by atoms with Gasteiger partial charge in [0.1, 0.15) is 22.9 Å². The Morgan fingerprint density at radius 3 is 1.38 bits per heavy atom. The van der Waals surface area contributed by atoms with Crippen LogP contribution in [-0.4, -0.2) is 32.1 Å². The molecule has 0 aliphatic carbocycles. The summed E-state index contributed by atoms with van der Waals surface area (Å²) in [5.41, 5.74) is -0.856. The van der Waals surface area contributed by atoms with Gasteiger partial charge < -0.3 is 30.0 Å². The molecule has 2 heterocycles. The van der Waals surface area contributed by atoms with Crippen LogP contribution in [0.1, 0.15) is 21.0 Å². The summed E-state index contributed by atoms with van der Waals surface area (Å²) in [5.74, 6) is -3.69. The second-order valence-electron chi connectivity index (χ2n) is 3.32. The van der Waals surface area contributed by atoms with Crippen molar-refractivity contribution >= 4 is 11.9 Å². The molecule has 0 fully saturated rings. The van der Waals surface area contributed by atoms with Crippen LogP contribution in [0.3, 0.4) is 0 Å². The van der Waals surface area contributed by atoms with Crippen molar-refractivity contribution in [3.05, 3.63) is 48.0 Å². The summed E-state index contributed by atoms with van der Waals surface area (Å²) in [5, 5.41) is 37.8. The van der Waals surface area contributed by atoms with E-state index in [0.717, 1.165) is 0 Å². The van der Waals surface area contributed by atoms with E-state index < -0.39 is 23.3 Å². The molecule has 2 rings (SSSR count). The number of carboxylic acids is 2. The van der Waals surface area contributed by atoms with Crippen molar-refractivity contribution in [2.45, 2.75) is 0 Å². The average Bonchev–Trinajstić information content (AvgIpc) is 2.40. The molecule has 104 valence electrons. The van der Waals surface area contributed by atoms with Crippen LogP contribution in [0.15, 0.2) is 36.7 Å². The van der Waals surface area contributed by atoms with E-state index in [4.69, 9.17) is 10.2 Å². The molecule has 9 heteroatoms. The summed E-state index contributed by atoms with van der Waals surface area (Å²) in [6.07, 6.45) is 2.54. The van der Waals surface area contributed by atoms with Gasteiger partial charge in [-0.05, 0) is 24.3 Å². The number of nitrogens with zero attached hydrogens (tertiary/aromatic N) is 2. The molecule has 0 aliphatic rings. The first-order valence-corrected chi connectivity index (χ1v) is 5.14. The molecule has 0 unspecified atom stereocenters. The molecule has 21 heavy (non-hydrogen) atoms. The van der Waals surface area contributed by atoms with Crippen LogP contribution in [0.2, 0.25) is 0 Å². The van der Waals surface area contributed by atoms with Gasteiger partial charge in [0.15, 0.2) is 0 Å². The summed E-state index contributed by atoms with van der Waals surface area (Å²) < 4.78 is 0. The Labute approximate surface area is 131 Å². The van der Waals surface area contributed by atoms with E-state index >= 15 is 0 Å². The third kappa shape index (κ3) is 5.54. The van der Waals surface area contributed by atoms with Crippen molar-refractivity contribution < 1.29 is 49.5 Å². The van der Waals surface area contributed by atoms with Gasteiger partial charge in [0, 0.05) is 12.4 Å². The maximum absolute atomic E-state index is 10.1. The number of carboxylic acid groups (broad SMARTS) is 2. The molecule has 0 spiro atoms. The fourth-order valence-corrected chi connectivity index (χ4v) is 1.11. The van der Waals surface area contributed by atoms with E-state index in [2.05, 4.69) is 9.97 Å². The van der Waals surface area contributed by atoms with Crippen LogP contribution in [0.25, 0.3) is 0 Å². The molecule has 2 aromatic rings. The molecular formula is C12H8N2O6Zn. The monoisotopic (exact) mass is 340 g/mol. The largest absolute Gasteiger partial charge is 2.00 e. The summed E-state index contributed by atoms with van der Waals surface area (Å²) in [4.78, 5) is 26.9. The number of carbonyl (C=O) groups is 2. The van der Waals surface area contributed by atoms with Crippen LogP contribution in [0.5, 0.6) is 11.5 Å². The van der Waals surface area contributed by atoms with Gasteiger partial charge in [0.05, 0.1) is 11.9 Å². The van der Waals surface area contributed by atoms with Crippen molar-refractivity contribution in [2.75, 3.05) is 0 Å². The minimum Gasteiger partial charge on any atom is -0.543 e. The number of hydrogen-bond donors (Lipinski definition) is 2. The summed E-state index contributed by atoms with van der Waals surface area (Å²) >= 11 is 0. The van der Waals surface area contributed by atoms with Gasteiger partial charge in [-0.25, -0.2) is 0 Å². The Balaban J connectivity index is 0.000000364. The molecule has 2 N–H and O–H groups in total.